The number of aryl methyl sites for hydroxylation is 2. The van der Waals surface area contributed by atoms with Crippen LogP contribution in [0.1, 0.15) is 47.9 Å². The molecule has 0 radical (unpaired) electrons. The molecule has 0 atom stereocenters. The molecule has 0 fully saturated rings. The Morgan fingerprint density at radius 3 is 2.44 bits per heavy atom. The Hall–Kier alpha value is -0.920. The average Bonchev–Trinajstić information content (AvgIpc) is 2.19. The fourth-order valence-electron chi connectivity index (χ4n) is 2.65. The molecule has 0 nitrogen and oxygen atoms in total. The zero-order chi connectivity index (χ0) is 11.8. The van der Waals surface area contributed by atoms with Crippen molar-refractivity contribution in [1.82, 2.24) is 0 Å². The molecule has 16 heavy (non-hydrogen) atoms. The van der Waals surface area contributed by atoms with E-state index in [1.165, 1.54) is 0 Å². The molecule has 1 aromatic carbocycles. The number of rotatable bonds is 0. The lowest BCUT2D eigenvalue weighted by Crippen LogP contribution is -2.20. The van der Waals surface area contributed by atoms with Gasteiger partial charge in [-0.15, -0.1) is 0 Å². The maximum Gasteiger partial charge on any atom is 0.273 e. The maximum atomic E-state index is 14.1. The third-order valence-electron chi connectivity index (χ3n) is 3.54. The average molecular weight is 224 g/mol. The molecule has 0 saturated heterocycles. The Morgan fingerprint density at radius 1 is 1.00 bits per heavy atom. The fourth-order valence-corrected chi connectivity index (χ4v) is 2.65. The van der Waals surface area contributed by atoms with Crippen LogP contribution >= 0.6 is 0 Å². The van der Waals surface area contributed by atoms with E-state index in [1.54, 1.807) is 6.92 Å². The van der Waals surface area contributed by atoms with Gasteiger partial charge in [0.15, 0.2) is 0 Å². The number of fused-ring (bicyclic) bond motifs is 1. The van der Waals surface area contributed by atoms with Gasteiger partial charge < -0.3 is 0 Å². The first-order chi connectivity index (χ1) is 7.52. The molecule has 1 aliphatic rings. The Bertz CT molecular complexity index is 394. The molecule has 0 N–H and O–H groups in total. The van der Waals surface area contributed by atoms with Gasteiger partial charge >= 0.3 is 0 Å². The zero-order valence-corrected chi connectivity index (χ0v) is 9.95. The highest BCUT2D eigenvalue weighted by Crippen LogP contribution is 2.40. The lowest BCUT2D eigenvalue weighted by Gasteiger charge is -2.26. The van der Waals surface area contributed by atoms with Gasteiger partial charge in [-0.2, -0.15) is 0 Å². The molecule has 0 saturated carbocycles. The van der Waals surface area contributed by atoms with E-state index >= 15 is 0 Å². The Kier molecular flexibility index (Phi) is 3.00. The number of benzene rings is 1. The minimum atomic E-state index is -2.63. The van der Waals surface area contributed by atoms with E-state index in [1.807, 2.05) is 19.1 Å². The van der Waals surface area contributed by atoms with E-state index in [0.717, 1.165) is 36.0 Å². The van der Waals surface area contributed by atoms with Crippen LogP contribution in [0, 0.1) is 13.8 Å². The molecule has 0 bridgehead atoms. The first-order valence-corrected chi connectivity index (χ1v) is 6.00. The highest BCUT2D eigenvalue weighted by atomic mass is 19.3. The van der Waals surface area contributed by atoms with Crippen molar-refractivity contribution in [2.45, 2.75) is 51.9 Å². The third-order valence-corrected chi connectivity index (χ3v) is 3.54. The second-order valence-corrected chi connectivity index (χ2v) is 4.82. The minimum Gasteiger partial charge on any atom is -0.201 e. The van der Waals surface area contributed by atoms with E-state index in [2.05, 4.69) is 0 Å². The van der Waals surface area contributed by atoms with Gasteiger partial charge in [0.25, 0.3) is 5.92 Å². The first kappa shape index (κ1) is 11.6. The number of alkyl halides is 2. The Balaban J connectivity index is 2.60. The van der Waals surface area contributed by atoms with Crippen molar-refractivity contribution in [1.29, 1.82) is 0 Å². The molecule has 0 heterocycles. The van der Waals surface area contributed by atoms with Crippen molar-refractivity contribution in [2.24, 2.45) is 0 Å². The van der Waals surface area contributed by atoms with E-state index in [0.29, 0.717) is 12.0 Å². The van der Waals surface area contributed by atoms with Crippen LogP contribution in [0.25, 0.3) is 0 Å². The minimum absolute atomic E-state index is 0.00426. The summed E-state index contributed by atoms with van der Waals surface area (Å²) >= 11 is 0. The van der Waals surface area contributed by atoms with Crippen molar-refractivity contribution < 1.29 is 8.78 Å². The molecule has 0 aromatic heterocycles. The van der Waals surface area contributed by atoms with Gasteiger partial charge in [-0.1, -0.05) is 18.6 Å². The standard InChI is InChI=1S/C14H18F2/c1-10-7-8-11(2)13-12(10)6-4-3-5-9-14(13,15)16/h7-8H,3-6,9H2,1-2H3. The SMILES string of the molecule is Cc1ccc(C)c2c1CCCCCC2(F)F. The summed E-state index contributed by atoms with van der Waals surface area (Å²) in [6, 6.07) is 3.79. The van der Waals surface area contributed by atoms with E-state index in [9.17, 15) is 8.78 Å². The quantitative estimate of drug-likeness (QED) is 0.608. The molecule has 2 heteroatoms. The summed E-state index contributed by atoms with van der Waals surface area (Å²) in [5.41, 5.74) is 2.96. The summed E-state index contributed by atoms with van der Waals surface area (Å²) in [5.74, 6) is -2.63. The van der Waals surface area contributed by atoms with Crippen molar-refractivity contribution in [3.8, 4) is 0 Å². The Morgan fingerprint density at radius 2 is 1.69 bits per heavy atom. The number of hydrogen-bond acceptors (Lipinski definition) is 0. The van der Waals surface area contributed by atoms with Crippen LogP contribution in [0.3, 0.4) is 0 Å². The van der Waals surface area contributed by atoms with Gasteiger partial charge in [-0.3, -0.25) is 0 Å². The molecule has 2 rings (SSSR count). The van der Waals surface area contributed by atoms with Crippen LogP contribution in [0.15, 0.2) is 12.1 Å². The molecule has 0 unspecified atom stereocenters. The predicted molar refractivity (Wildman–Crippen MR) is 62.0 cm³/mol. The van der Waals surface area contributed by atoms with Crippen molar-refractivity contribution in [3.63, 3.8) is 0 Å². The molecule has 1 aliphatic carbocycles. The van der Waals surface area contributed by atoms with E-state index in [-0.39, 0.29) is 6.42 Å². The van der Waals surface area contributed by atoms with Crippen LogP contribution in [0.5, 0.6) is 0 Å². The smallest absolute Gasteiger partial charge is 0.201 e. The maximum absolute atomic E-state index is 14.1. The first-order valence-electron chi connectivity index (χ1n) is 6.00. The molecule has 0 amide bonds. The molecule has 0 aliphatic heterocycles. The van der Waals surface area contributed by atoms with E-state index < -0.39 is 5.92 Å². The van der Waals surface area contributed by atoms with Crippen LogP contribution in [-0.4, -0.2) is 0 Å². The number of halogens is 2. The summed E-state index contributed by atoms with van der Waals surface area (Å²) in [7, 11) is 0. The predicted octanol–water partition coefficient (Wildman–Crippen LogP) is 4.51. The van der Waals surface area contributed by atoms with Crippen LogP contribution in [0.4, 0.5) is 8.78 Å². The fraction of sp³-hybridized carbons (Fsp3) is 0.571. The van der Waals surface area contributed by atoms with Gasteiger partial charge in [0, 0.05) is 12.0 Å². The second kappa shape index (κ2) is 4.15. The van der Waals surface area contributed by atoms with Crippen LogP contribution < -0.4 is 0 Å². The van der Waals surface area contributed by atoms with Gasteiger partial charge in [0.2, 0.25) is 0 Å². The van der Waals surface area contributed by atoms with Gasteiger partial charge in [0.05, 0.1) is 0 Å². The molecule has 88 valence electrons. The summed E-state index contributed by atoms with van der Waals surface area (Å²) in [6.07, 6.45) is 3.40. The lowest BCUT2D eigenvalue weighted by molar-refractivity contribution is -0.0187. The topological polar surface area (TPSA) is 0 Å². The highest BCUT2D eigenvalue weighted by Gasteiger charge is 2.36. The number of hydrogen-bond donors (Lipinski definition) is 0. The van der Waals surface area contributed by atoms with Crippen LogP contribution in [0.2, 0.25) is 0 Å². The largest absolute Gasteiger partial charge is 0.273 e. The zero-order valence-electron chi connectivity index (χ0n) is 9.95. The summed E-state index contributed by atoms with van der Waals surface area (Å²) in [6.45, 7) is 3.74. The molecular weight excluding hydrogens is 206 g/mol. The third kappa shape index (κ3) is 1.98. The summed E-state index contributed by atoms with van der Waals surface area (Å²) in [5, 5.41) is 0. The Labute approximate surface area is 95.7 Å². The monoisotopic (exact) mass is 224 g/mol. The lowest BCUT2D eigenvalue weighted by atomic mass is 9.85. The van der Waals surface area contributed by atoms with Crippen molar-refractivity contribution >= 4 is 0 Å². The summed E-state index contributed by atoms with van der Waals surface area (Å²) < 4.78 is 28.2. The van der Waals surface area contributed by atoms with Gasteiger partial charge in [0.1, 0.15) is 0 Å². The van der Waals surface area contributed by atoms with Gasteiger partial charge in [-0.05, 0) is 49.8 Å². The molecule has 1 aromatic rings. The molecular formula is C14H18F2. The van der Waals surface area contributed by atoms with Crippen LogP contribution in [-0.2, 0) is 12.3 Å². The van der Waals surface area contributed by atoms with Gasteiger partial charge in [-0.25, -0.2) is 8.78 Å². The highest BCUT2D eigenvalue weighted by molar-refractivity contribution is 5.43. The van der Waals surface area contributed by atoms with Crippen molar-refractivity contribution in [3.05, 3.63) is 34.4 Å². The van der Waals surface area contributed by atoms with E-state index in [4.69, 9.17) is 0 Å². The molecule has 0 spiro atoms. The normalized spacial score (nSPS) is 19.8. The van der Waals surface area contributed by atoms with Crippen molar-refractivity contribution in [2.75, 3.05) is 0 Å². The summed E-state index contributed by atoms with van der Waals surface area (Å²) in [4.78, 5) is 0. The second-order valence-electron chi connectivity index (χ2n) is 4.82.